The van der Waals surface area contributed by atoms with Gasteiger partial charge in [0.2, 0.25) is 10.0 Å². The second-order valence-electron chi connectivity index (χ2n) is 4.76. The van der Waals surface area contributed by atoms with E-state index in [2.05, 4.69) is 15.9 Å². The van der Waals surface area contributed by atoms with Gasteiger partial charge in [0, 0.05) is 22.7 Å². The summed E-state index contributed by atoms with van der Waals surface area (Å²) < 4.78 is 49.9. The molecule has 1 atom stereocenters. The molecule has 1 unspecified atom stereocenters. The van der Waals surface area contributed by atoms with Crippen molar-refractivity contribution in [2.75, 3.05) is 23.8 Å². The highest BCUT2D eigenvalue weighted by Gasteiger charge is 2.36. The van der Waals surface area contributed by atoms with E-state index in [-0.39, 0.29) is 22.9 Å². The predicted octanol–water partition coefficient (Wildman–Crippen LogP) is 0.839. The minimum absolute atomic E-state index is 0.0200. The number of anilines is 1. The third-order valence-corrected chi connectivity index (χ3v) is 7.68. The molecule has 112 valence electrons. The Morgan fingerprint density at radius 3 is 2.60 bits per heavy atom. The lowest BCUT2D eigenvalue weighted by atomic mass is 10.3. The summed E-state index contributed by atoms with van der Waals surface area (Å²) >= 11 is 3.19. The highest BCUT2D eigenvalue weighted by molar-refractivity contribution is 9.10. The van der Waals surface area contributed by atoms with Crippen LogP contribution in [-0.4, -0.2) is 45.2 Å². The molecule has 1 aromatic rings. The molecule has 9 heteroatoms. The molecule has 0 radical (unpaired) electrons. The maximum Gasteiger partial charge on any atom is 0.243 e. The Bertz CT molecular complexity index is 731. The quantitative estimate of drug-likeness (QED) is 0.764. The van der Waals surface area contributed by atoms with E-state index in [1.165, 1.54) is 22.5 Å². The first-order chi connectivity index (χ1) is 9.13. The van der Waals surface area contributed by atoms with Crippen molar-refractivity contribution in [1.82, 2.24) is 4.31 Å². The second kappa shape index (κ2) is 5.28. The van der Waals surface area contributed by atoms with Gasteiger partial charge in [0.1, 0.15) is 0 Å². The van der Waals surface area contributed by atoms with Crippen LogP contribution in [-0.2, 0) is 19.9 Å². The number of nitrogens with zero attached hydrogens (tertiary/aromatic N) is 1. The zero-order valence-corrected chi connectivity index (χ0v) is 14.0. The molecular formula is C11H15BrN2O4S2. The van der Waals surface area contributed by atoms with Crippen molar-refractivity contribution in [2.24, 2.45) is 0 Å². The van der Waals surface area contributed by atoms with E-state index in [9.17, 15) is 16.8 Å². The van der Waals surface area contributed by atoms with Crippen molar-refractivity contribution in [1.29, 1.82) is 0 Å². The maximum absolute atomic E-state index is 12.5. The molecule has 0 saturated carbocycles. The monoisotopic (exact) mass is 382 g/mol. The molecule has 2 N–H and O–H groups in total. The molecule has 2 rings (SSSR count). The van der Waals surface area contributed by atoms with Gasteiger partial charge in [-0.05, 0) is 41.1 Å². The summed E-state index contributed by atoms with van der Waals surface area (Å²) in [4.78, 5) is 0.102. The van der Waals surface area contributed by atoms with Gasteiger partial charge in [-0.25, -0.2) is 16.8 Å². The summed E-state index contributed by atoms with van der Waals surface area (Å²) in [5.74, 6) is -0.297. The normalized spacial score (nSPS) is 23.6. The van der Waals surface area contributed by atoms with Crippen LogP contribution in [0.1, 0.15) is 6.92 Å². The number of sulfone groups is 1. The molecule has 1 heterocycles. The molecule has 0 aromatic heterocycles. The number of hydrogen-bond acceptors (Lipinski definition) is 5. The number of hydrogen-bond donors (Lipinski definition) is 1. The largest absolute Gasteiger partial charge is 0.398 e. The first-order valence-corrected chi connectivity index (χ1v) is 9.96. The van der Waals surface area contributed by atoms with Crippen LogP contribution >= 0.6 is 15.9 Å². The van der Waals surface area contributed by atoms with E-state index in [0.717, 1.165) is 0 Å². The molecule has 0 spiro atoms. The second-order valence-corrected chi connectivity index (χ2v) is 9.74. The van der Waals surface area contributed by atoms with Crippen molar-refractivity contribution < 1.29 is 16.8 Å². The van der Waals surface area contributed by atoms with Gasteiger partial charge in [-0.1, -0.05) is 0 Å². The summed E-state index contributed by atoms with van der Waals surface area (Å²) in [5.41, 5.74) is 6.08. The van der Waals surface area contributed by atoms with E-state index in [1.54, 1.807) is 6.92 Å². The summed E-state index contributed by atoms with van der Waals surface area (Å²) in [6.07, 6.45) is 0. The SMILES string of the molecule is CC1CS(=O)(=O)CCN1S(=O)(=O)c1ccc(N)c(Br)c1. The van der Waals surface area contributed by atoms with Crippen LogP contribution in [0, 0.1) is 0 Å². The van der Waals surface area contributed by atoms with Crippen molar-refractivity contribution in [2.45, 2.75) is 17.9 Å². The third-order valence-electron chi connectivity index (χ3n) is 3.19. The van der Waals surface area contributed by atoms with Gasteiger partial charge in [-0.3, -0.25) is 0 Å². The molecule has 0 amide bonds. The van der Waals surface area contributed by atoms with Crippen LogP contribution in [0.4, 0.5) is 5.69 Å². The van der Waals surface area contributed by atoms with Crippen LogP contribution in [0.3, 0.4) is 0 Å². The molecular weight excluding hydrogens is 368 g/mol. The average molecular weight is 383 g/mol. The van der Waals surface area contributed by atoms with Gasteiger partial charge in [0.15, 0.2) is 9.84 Å². The first-order valence-electron chi connectivity index (χ1n) is 5.91. The van der Waals surface area contributed by atoms with Crippen molar-refractivity contribution >= 4 is 41.5 Å². The first kappa shape index (κ1) is 15.7. The Hall–Kier alpha value is -0.640. The topological polar surface area (TPSA) is 97.5 Å². The maximum atomic E-state index is 12.5. The minimum Gasteiger partial charge on any atom is -0.398 e. The van der Waals surface area contributed by atoms with E-state index < -0.39 is 25.9 Å². The van der Waals surface area contributed by atoms with Crippen LogP contribution in [0.2, 0.25) is 0 Å². The van der Waals surface area contributed by atoms with Gasteiger partial charge >= 0.3 is 0 Å². The van der Waals surface area contributed by atoms with E-state index in [0.29, 0.717) is 10.2 Å². The number of halogens is 1. The van der Waals surface area contributed by atoms with Crippen molar-refractivity contribution in [3.05, 3.63) is 22.7 Å². The molecule has 0 aliphatic carbocycles. The fraction of sp³-hybridized carbons (Fsp3) is 0.455. The third kappa shape index (κ3) is 3.00. The van der Waals surface area contributed by atoms with E-state index in [1.807, 2.05) is 0 Å². The van der Waals surface area contributed by atoms with Crippen LogP contribution in [0.15, 0.2) is 27.6 Å². The summed E-state index contributed by atoms with van der Waals surface area (Å²) in [6, 6.07) is 3.78. The zero-order chi connectivity index (χ0) is 15.1. The highest BCUT2D eigenvalue weighted by Crippen LogP contribution is 2.27. The molecule has 6 nitrogen and oxygen atoms in total. The van der Waals surface area contributed by atoms with Crippen LogP contribution in [0.5, 0.6) is 0 Å². The lowest BCUT2D eigenvalue weighted by Crippen LogP contribution is -2.49. The van der Waals surface area contributed by atoms with Crippen LogP contribution < -0.4 is 5.73 Å². The number of rotatable bonds is 2. The highest BCUT2D eigenvalue weighted by atomic mass is 79.9. The molecule has 1 aliphatic rings. The molecule has 1 aliphatic heterocycles. The van der Waals surface area contributed by atoms with Crippen LogP contribution in [0.25, 0.3) is 0 Å². The van der Waals surface area contributed by atoms with Gasteiger partial charge in [0.05, 0.1) is 16.4 Å². The van der Waals surface area contributed by atoms with E-state index >= 15 is 0 Å². The lowest BCUT2D eigenvalue weighted by molar-refractivity contribution is 0.357. The number of nitrogens with two attached hydrogens (primary N) is 1. The van der Waals surface area contributed by atoms with Gasteiger partial charge in [-0.15, -0.1) is 0 Å². The van der Waals surface area contributed by atoms with Crippen molar-refractivity contribution in [3.63, 3.8) is 0 Å². The fourth-order valence-corrected chi connectivity index (χ4v) is 6.10. The molecule has 1 aromatic carbocycles. The van der Waals surface area contributed by atoms with Crippen molar-refractivity contribution in [3.8, 4) is 0 Å². The van der Waals surface area contributed by atoms with Gasteiger partial charge < -0.3 is 5.73 Å². The summed E-state index contributed by atoms with van der Waals surface area (Å²) in [6.45, 7) is 1.58. The smallest absolute Gasteiger partial charge is 0.243 e. The minimum atomic E-state index is -3.72. The van der Waals surface area contributed by atoms with E-state index in [4.69, 9.17) is 5.73 Å². The molecule has 20 heavy (non-hydrogen) atoms. The Morgan fingerprint density at radius 1 is 1.40 bits per heavy atom. The number of nitrogen functional groups attached to an aromatic ring is 1. The van der Waals surface area contributed by atoms with Gasteiger partial charge in [-0.2, -0.15) is 4.31 Å². The molecule has 1 saturated heterocycles. The Kier molecular flexibility index (Phi) is 4.16. The Labute approximate surface area is 127 Å². The number of sulfonamides is 1. The Morgan fingerprint density at radius 2 is 2.05 bits per heavy atom. The Balaban J connectivity index is 2.38. The summed E-state index contributed by atoms with van der Waals surface area (Å²) in [7, 11) is -6.87. The summed E-state index contributed by atoms with van der Waals surface area (Å²) in [5, 5.41) is 0. The standard InChI is InChI=1S/C11H15BrN2O4S2/c1-8-7-19(15,16)5-4-14(8)20(17,18)9-2-3-11(13)10(12)6-9/h2-3,6,8H,4-5,7,13H2,1H3. The predicted molar refractivity (Wildman–Crippen MR) is 80.6 cm³/mol. The molecule has 0 bridgehead atoms. The molecule has 1 fully saturated rings. The van der Waals surface area contributed by atoms with Gasteiger partial charge in [0.25, 0.3) is 0 Å². The zero-order valence-electron chi connectivity index (χ0n) is 10.8. The lowest BCUT2D eigenvalue weighted by Gasteiger charge is -2.32. The average Bonchev–Trinajstić information content (AvgIpc) is 2.30. The number of benzene rings is 1. The fourth-order valence-electron chi connectivity index (χ4n) is 2.14.